The number of nitrogens with two attached hydrogens (primary N) is 1. The van der Waals surface area contributed by atoms with Gasteiger partial charge in [-0.15, -0.1) is 0 Å². The van der Waals surface area contributed by atoms with Gasteiger partial charge >= 0.3 is 0 Å². The molecule has 0 aliphatic heterocycles. The molecule has 0 unspecified atom stereocenters. The second-order valence-corrected chi connectivity index (χ2v) is 4.63. The summed E-state index contributed by atoms with van der Waals surface area (Å²) in [6, 6.07) is 8.06. The van der Waals surface area contributed by atoms with E-state index in [4.69, 9.17) is 10.2 Å². The summed E-state index contributed by atoms with van der Waals surface area (Å²) in [7, 11) is 1.78. The summed E-state index contributed by atoms with van der Waals surface area (Å²) < 4.78 is 20.0. The molecule has 0 atom stereocenters. The maximum atomic E-state index is 13.1. The van der Waals surface area contributed by atoms with Crippen LogP contribution in [0.3, 0.4) is 0 Å². The van der Waals surface area contributed by atoms with Crippen LogP contribution >= 0.6 is 0 Å². The van der Waals surface area contributed by atoms with Gasteiger partial charge in [-0.2, -0.15) is 5.10 Å². The number of rotatable bonds is 2. The highest BCUT2D eigenvalue weighted by molar-refractivity contribution is 5.88. The average Bonchev–Trinajstić information content (AvgIpc) is 2.96. The molecule has 0 bridgehead atoms. The van der Waals surface area contributed by atoms with Gasteiger partial charge in [0.1, 0.15) is 23.1 Å². The van der Waals surface area contributed by atoms with Crippen molar-refractivity contribution in [1.29, 1.82) is 0 Å². The largest absolute Gasteiger partial charge is 0.469 e. The van der Waals surface area contributed by atoms with Crippen LogP contribution in [0.4, 0.5) is 10.2 Å². The Kier molecular flexibility index (Phi) is 2.82. The highest BCUT2D eigenvalue weighted by Gasteiger charge is 2.19. The van der Waals surface area contributed by atoms with Gasteiger partial charge in [-0.3, -0.25) is 4.68 Å². The van der Waals surface area contributed by atoms with Gasteiger partial charge in [0.2, 0.25) is 0 Å². The highest BCUT2D eigenvalue weighted by atomic mass is 19.1. The molecule has 0 aliphatic carbocycles. The van der Waals surface area contributed by atoms with Crippen LogP contribution in [-0.4, -0.2) is 9.78 Å². The predicted octanol–water partition coefficient (Wildman–Crippen LogP) is 3.38. The summed E-state index contributed by atoms with van der Waals surface area (Å²) in [5.41, 5.74) is 9.35. The van der Waals surface area contributed by atoms with Crippen molar-refractivity contribution < 1.29 is 8.81 Å². The summed E-state index contributed by atoms with van der Waals surface area (Å²) in [6.07, 6.45) is 1.62. The number of aryl methyl sites for hydroxylation is 2. The van der Waals surface area contributed by atoms with Gasteiger partial charge in [-0.1, -0.05) is 12.1 Å². The van der Waals surface area contributed by atoms with Gasteiger partial charge in [0.15, 0.2) is 0 Å². The number of hydrogen-bond acceptors (Lipinski definition) is 3. The van der Waals surface area contributed by atoms with E-state index in [1.807, 2.05) is 13.0 Å². The first-order valence-electron chi connectivity index (χ1n) is 6.21. The Morgan fingerprint density at radius 3 is 2.50 bits per heavy atom. The van der Waals surface area contributed by atoms with E-state index in [0.717, 1.165) is 28.1 Å². The fourth-order valence-electron chi connectivity index (χ4n) is 2.26. The van der Waals surface area contributed by atoms with Gasteiger partial charge in [0, 0.05) is 12.6 Å². The van der Waals surface area contributed by atoms with Gasteiger partial charge in [-0.25, -0.2) is 4.39 Å². The number of furan rings is 1. The molecule has 102 valence electrons. The summed E-state index contributed by atoms with van der Waals surface area (Å²) in [6.45, 7) is 1.87. The van der Waals surface area contributed by atoms with Crippen LogP contribution in [0.15, 0.2) is 41.0 Å². The molecule has 0 aliphatic rings. The fourth-order valence-corrected chi connectivity index (χ4v) is 2.26. The molecule has 2 heterocycles. The maximum Gasteiger partial charge on any atom is 0.129 e. The van der Waals surface area contributed by atoms with Crippen LogP contribution in [0.1, 0.15) is 5.76 Å². The van der Waals surface area contributed by atoms with E-state index in [1.165, 1.54) is 12.1 Å². The number of benzene rings is 1. The molecule has 3 aromatic rings. The van der Waals surface area contributed by atoms with Crippen molar-refractivity contribution in [1.82, 2.24) is 9.78 Å². The van der Waals surface area contributed by atoms with E-state index >= 15 is 0 Å². The molecule has 4 nitrogen and oxygen atoms in total. The zero-order valence-corrected chi connectivity index (χ0v) is 11.2. The molecule has 1 aromatic carbocycles. The number of anilines is 1. The summed E-state index contributed by atoms with van der Waals surface area (Å²) in [5, 5.41) is 4.45. The van der Waals surface area contributed by atoms with Gasteiger partial charge in [-0.05, 0) is 30.7 Å². The van der Waals surface area contributed by atoms with Gasteiger partial charge in [0.25, 0.3) is 0 Å². The first-order valence-corrected chi connectivity index (χ1v) is 6.21. The Hall–Kier alpha value is -2.56. The lowest BCUT2D eigenvalue weighted by Crippen LogP contribution is -1.97. The quantitative estimate of drug-likeness (QED) is 0.777. The molecule has 2 N–H and O–H groups in total. The molecular weight excluding hydrogens is 257 g/mol. The lowest BCUT2D eigenvalue weighted by Gasteiger charge is -2.03. The van der Waals surface area contributed by atoms with Gasteiger partial charge in [0.05, 0.1) is 11.8 Å². The van der Waals surface area contributed by atoms with E-state index < -0.39 is 0 Å². The van der Waals surface area contributed by atoms with Gasteiger partial charge < -0.3 is 10.2 Å². The van der Waals surface area contributed by atoms with Crippen molar-refractivity contribution in [3.63, 3.8) is 0 Å². The number of aromatic nitrogens is 2. The highest BCUT2D eigenvalue weighted by Crippen LogP contribution is 2.37. The number of nitrogen functional groups attached to an aromatic ring is 1. The third-order valence-electron chi connectivity index (χ3n) is 3.34. The molecule has 0 spiro atoms. The van der Waals surface area contributed by atoms with Crippen LogP contribution in [0.5, 0.6) is 0 Å². The number of halogens is 1. The molecular formula is C15H14FN3O. The SMILES string of the molecule is Cc1occc1-c1nn(C)c(N)c1-c1ccc(F)cc1. The van der Waals surface area contributed by atoms with Crippen LogP contribution in [0, 0.1) is 12.7 Å². The van der Waals surface area contributed by atoms with Crippen LogP contribution in [0.2, 0.25) is 0 Å². The van der Waals surface area contributed by atoms with Crippen molar-refractivity contribution >= 4 is 5.82 Å². The Bertz CT molecular complexity index is 756. The lowest BCUT2D eigenvalue weighted by molar-refractivity contribution is 0.535. The normalized spacial score (nSPS) is 10.9. The average molecular weight is 271 g/mol. The molecule has 5 heteroatoms. The molecule has 20 heavy (non-hydrogen) atoms. The van der Waals surface area contributed by atoms with E-state index in [0.29, 0.717) is 5.82 Å². The predicted molar refractivity (Wildman–Crippen MR) is 75.5 cm³/mol. The Balaban J connectivity index is 2.25. The van der Waals surface area contributed by atoms with Crippen LogP contribution in [0.25, 0.3) is 22.4 Å². The van der Waals surface area contributed by atoms with Crippen molar-refractivity contribution in [3.05, 3.63) is 48.2 Å². The molecule has 0 amide bonds. The molecule has 3 rings (SSSR count). The van der Waals surface area contributed by atoms with E-state index in [9.17, 15) is 4.39 Å². The second kappa shape index (κ2) is 4.52. The first-order chi connectivity index (χ1) is 9.58. The third-order valence-corrected chi connectivity index (χ3v) is 3.34. The number of hydrogen-bond donors (Lipinski definition) is 1. The smallest absolute Gasteiger partial charge is 0.129 e. The summed E-state index contributed by atoms with van der Waals surface area (Å²) in [4.78, 5) is 0. The topological polar surface area (TPSA) is 57.0 Å². The third kappa shape index (κ3) is 1.87. The minimum atomic E-state index is -0.280. The fraction of sp³-hybridized carbons (Fsp3) is 0.133. The standard InChI is InChI=1S/C15H14FN3O/c1-9-12(7-8-20-9)14-13(15(17)19(2)18-14)10-3-5-11(16)6-4-10/h3-8H,17H2,1-2H3. The minimum absolute atomic E-state index is 0.280. The number of nitrogens with zero attached hydrogens (tertiary/aromatic N) is 2. The zero-order valence-electron chi connectivity index (χ0n) is 11.2. The van der Waals surface area contributed by atoms with E-state index in [-0.39, 0.29) is 5.82 Å². The van der Waals surface area contributed by atoms with E-state index in [2.05, 4.69) is 5.10 Å². The van der Waals surface area contributed by atoms with Crippen molar-refractivity contribution in [2.45, 2.75) is 6.92 Å². The summed E-state index contributed by atoms with van der Waals surface area (Å²) in [5.74, 6) is 1.02. The Labute approximate surface area is 115 Å². The monoisotopic (exact) mass is 271 g/mol. The zero-order chi connectivity index (χ0) is 14.3. The lowest BCUT2D eigenvalue weighted by atomic mass is 10.0. The van der Waals surface area contributed by atoms with Crippen molar-refractivity contribution in [2.24, 2.45) is 7.05 Å². The second-order valence-electron chi connectivity index (χ2n) is 4.63. The Morgan fingerprint density at radius 1 is 1.20 bits per heavy atom. The van der Waals surface area contributed by atoms with Crippen molar-refractivity contribution in [2.75, 3.05) is 5.73 Å². The maximum absolute atomic E-state index is 13.1. The summed E-state index contributed by atoms with van der Waals surface area (Å²) >= 11 is 0. The Morgan fingerprint density at radius 2 is 1.90 bits per heavy atom. The van der Waals surface area contributed by atoms with E-state index in [1.54, 1.807) is 30.1 Å². The molecule has 0 fully saturated rings. The first kappa shape index (κ1) is 12.5. The molecule has 2 aromatic heterocycles. The van der Waals surface area contributed by atoms with Crippen LogP contribution < -0.4 is 5.73 Å². The molecule has 0 saturated heterocycles. The van der Waals surface area contributed by atoms with Crippen LogP contribution in [-0.2, 0) is 7.05 Å². The molecule has 0 radical (unpaired) electrons. The van der Waals surface area contributed by atoms with Crippen molar-refractivity contribution in [3.8, 4) is 22.4 Å². The molecule has 0 saturated carbocycles. The minimum Gasteiger partial charge on any atom is -0.469 e.